The fraction of sp³-hybridized carbons (Fsp3) is 0.222. The number of hydrazone groups is 1. The van der Waals surface area contributed by atoms with Gasteiger partial charge in [-0.2, -0.15) is 5.10 Å². The largest absolute Gasteiger partial charge is 0.508 e. The first-order chi connectivity index (χ1) is 11.6. The SMILES string of the molecule is CC1=NN(C)C(Oc2ccc(Sc3ccc(O)cc3)cc2)C1C=O. The number of phenols is 1. The van der Waals surface area contributed by atoms with Gasteiger partial charge in [0.05, 0.1) is 5.71 Å². The molecule has 1 aliphatic rings. The van der Waals surface area contributed by atoms with Crippen LogP contribution in [-0.4, -0.2) is 35.4 Å². The quantitative estimate of drug-likeness (QED) is 0.844. The number of aromatic hydroxyl groups is 1. The van der Waals surface area contributed by atoms with Gasteiger partial charge in [-0.3, -0.25) is 5.01 Å². The van der Waals surface area contributed by atoms with Crippen molar-refractivity contribution in [2.24, 2.45) is 11.0 Å². The van der Waals surface area contributed by atoms with Crippen LogP contribution in [0.1, 0.15) is 6.92 Å². The number of carbonyl (C=O) groups is 1. The lowest BCUT2D eigenvalue weighted by Gasteiger charge is -2.23. The van der Waals surface area contributed by atoms with E-state index < -0.39 is 6.23 Å². The van der Waals surface area contributed by atoms with E-state index in [0.717, 1.165) is 21.8 Å². The zero-order valence-corrected chi connectivity index (χ0v) is 14.2. The molecule has 0 bridgehead atoms. The van der Waals surface area contributed by atoms with Crippen molar-refractivity contribution in [3.05, 3.63) is 48.5 Å². The summed E-state index contributed by atoms with van der Waals surface area (Å²) < 4.78 is 5.92. The molecule has 3 rings (SSSR count). The van der Waals surface area contributed by atoms with E-state index in [1.165, 1.54) is 0 Å². The van der Waals surface area contributed by atoms with Gasteiger partial charge < -0.3 is 14.6 Å². The highest BCUT2D eigenvalue weighted by Crippen LogP contribution is 2.31. The molecule has 0 radical (unpaired) electrons. The number of hydrogen-bond donors (Lipinski definition) is 1. The summed E-state index contributed by atoms with van der Waals surface area (Å²) in [6.07, 6.45) is 0.472. The van der Waals surface area contributed by atoms with Gasteiger partial charge in [0.25, 0.3) is 0 Å². The van der Waals surface area contributed by atoms with Crippen molar-refractivity contribution in [1.82, 2.24) is 5.01 Å². The van der Waals surface area contributed by atoms with Crippen LogP contribution in [-0.2, 0) is 4.79 Å². The maximum Gasteiger partial charge on any atom is 0.201 e. The van der Waals surface area contributed by atoms with Crippen LogP contribution in [0.5, 0.6) is 11.5 Å². The van der Waals surface area contributed by atoms with Gasteiger partial charge in [-0.25, -0.2) is 0 Å². The standard InChI is InChI=1S/C18H18N2O3S/c1-12-17(11-21)18(20(2)19-12)23-14-5-9-16(10-6-14)24-15-7-3-13(22)4-8-15/h3-11,17-18,22H,1-2H3. The van der Waals surface area contributed by atoms with Crippen LogP contribution in [0.25, 0.3) is 0 Å². The summed E-state index contributed by atoms with van der Waals surface area (Å²) >= 11 is 1.60. The number of carbonyl (C=O) groups excluding carboxylic acids is 1. The first kappa shape index (κ1) is 16.4. The van der Waals surface area contributed by atoms with Crippen molar-refractivity contribution in [2.45, 2.75) is 22.9 Å². The van der Waals surface area contributed by atoms with Crippen molar-refractivity contribution in [2.75, 3.05) is 7.05 Å². The smallest absolute Gasteiger partial charge is 0.201 e. The number of hydrogen-bond acceptors (Lipinski definition) is 6. The first-order valence-electron chi connectivity index (χ1n) is 7.53. The number of phenolic OH excluding ortho intramolecular Hbond substituents is 1. The third-order valence-electron chi connectivity index (χ3n) is 3.77. The summed E-state index contributed by atoms with van der Waals surface area (Å²) in [7, 11) is 1.80. The van der Waals surface area contributed by atoms with Gasteiger partial charge in [0, 0.05) is 16.8 Å². The maximum atomic E-state index is 11.2. The summed E-state index contributed by atoms with van der Waals surface area (Å²) in [5, 5.41) is 15.3. The molecule has 0 amide bonds. The minimum Gasteiger partial charge on any atom is -0.508 e. The number of ether oxygens (including phenoxy) is 1. The topological polar surface area (TPSA) is 62.1 Å². The van der Waals surface area contributed by atoms with Gasteiger partial charge in [0.15, 0.2) is 0 Å². The second kappa shape index (κ2) is 6.97. The fourth-order valence-corrected chi connectivity index (χ4v) is 3.32. The molecular weight excluding hydrogens is 324 g/mol. The predicted molar refractivity (Wildman–Crippen MR) is 93.5 cm³/mol. The molecule has 0 saturated carbocycles. The van der Waals surface area contributed by atoms with E-state index in [-0.39, 0.29) is 11.7 Å². The lowest BCUT2D eigenvalue weighted by molar-refractivity contribution is -0.113. The molecule has 1 aliphatic heterocycles. The molecule has 1 N–H and O–H groups in total. The van der Waals surface area contributed by atoms with Gasteiger partial charge in [0.2, 0.25) is 6.23 Å². The van der Waals surface area contributed by atoms with E-state index in [0.29, 0.717) is 5.75 Å². The zero-order valence-electron chi connectivity index (χ0n) is 13.4. The number of benzene rings is 2. The third-order valence-corrected chi connectivity index (χ3v) is 4.79. The maximum absolute atomic E-state index is 11.2. The summed E-state index contributed by atoms with van der Waals surface area (Å²) in [6, 6.07) is 14.8. The molecule has 2 unspecified atom stereocenters. The van der Waals surface area contributed by atoms with Crippen LogP contribution in [0.3, 0.4) is 0 Å². The molecule has 0 fully saturated rings. The van der Waals surface area contributed by atoms with Crippen molar-refractivity contribution in [1.29, 1.82) is 0 Å². The Morgan fingerprint density at radius 3 is 2.29 bits per heavy atom. The normalized spacial score (nSPS) is 19.9. The summed E-state index contributed by atoms with van der Waals surface area (Å²) in [5.41, 5.74) is 0.761. The van der Waals surface area contributed by atoms with Gasteiger partial charge in [-0.1, -0.05) is 11.8 Å². The van der Waals surface area contributed by atoms with Crippen LogP contribution in [0.4, 0.5) is 0 Å². The van der Waals surface area contributed by atoms with E-state index in [1.807, 2.05) is 43.3 Å². The minimum absolute atomic E-state index is 0.256. The van der Waals surface area contributed by atoms with Crippen LogP contribution in [0, 0.1) is 5.92 Å². The number of rotatable bonds is 5. The molecule has 0 saturated heterocycles. The lowest BCUT2D eigenvalue weighted by atomic mass is 10.1. The second-order valence-electron chi connectivity index (χ2n) is 5.55. The van der Waals surface area contributed by atoms with Gasteiger partial charge in [-0.15, -0.1) is 0 Å². The molecule has 6 heteroatoms. The Morgan fingerprint density at radius 2 is 1.71 bits per heavy atom. The van der Waals surface area contributed by atoms with Crippen molar-refractivity contribution in [3.8, 4) is 11.5 Å². The fourth-order valence-electron chi connectivity index (χ4n) is 2.50. The molecule has 124 valence electrons. The molecule has 1 heterocycles. The highest BCUT2D eigenvalue weighted by molar-refractivity contribution is 7.99. The average Bonchev–Trinajstić information content (AvgIpc) is 2.84. The number of aldehydes is 1. The van der Waals surface area contributed by atoms with Crippen LogP contribution in [0.15, 0.2) is 63.4 Å². The van der Waals surface area contributed by atoms with Crippen LogP contribution < -0.4 is 4.74 Å². The van der Waals surface area contributed by atoms with Crippen molar-refractivity contribution in [3.63, 3.8) is 0 Å². The van der Waals surface area contributed by atoms with Crippen molar-refractivity contribution < 1.29 is 14.6 Å². The van der Waals surface area contributed by atoms with Gasteiger partial charge in [-0.05, 0) is 55.5 Å². The Labute approximate surface area is 144 Å². The molecule has 0 spiro atoms. The van der Waals surface area contributed by atoms with E-state index in [4.69, 9.17) is 4.74 Å². The minimum atomic E-state index is -0.405. The second-order valence-corrected chi connectivity index (χ2v) is 6.70. The average molecular weight is 342 g/mol. The van der Waals surface area contributed by atoms with Crippen molar-refractivity contribution >= 4 is 23.8 Å². The first-order valence-corrected chi connectivity index (χ1v) is 8.35. The van der Waals surface area contributed by atoms with Crippen LogP contribution >= 0.6 is 11.8 Å². The summed E-state index contributed by atoms with van der Waals surface area (Å²) in [5.74, 6) is 0.603. The molecule has 2 aromatic carbocycles. The van der Waals surface area contributed by atoms with Crippen LogP contribution in [0.2, 0.25) is 0 Å². The third kappa shape index (κ3) is 3.54. The Kier molecular flexibility index (Phi) is 4.76. The van der Waals surface area contributed by atoms with E-state index in [1.54, 1.807) is 36.0 Å². The molecule has 24 heavy (non-hydrogen) atoms. The molecule has 0 aromatic heterocycles. The Balaban J connectivity index is 1.66. The zero-order chi connectivity index (χ0) is 17.1. The highest BCUT2D eigenvalue weighted by Gasteiger charge is 2.34. The Morgan fingerprint density at radius 1 is 1.12 bits per heavy atom. The molecule has 5 nitrogen and oxygen atoms in total. The summed E-state index contributed by atoms with van der Waals surface area (Å²) in [4.78, 5) is 13.3. The van der Waals surface area contributed by atoms with Gasteiger partial charge in [0.1, 0.15) is 23.7 Å². The van der Waals surface area contributed by atoms with E-state index in [9.17, 15) is 9.90 Å². The Hall–Kier alpha value is -2.47. The highest BCUT2D eigenvalue weighted by atomic mass is 32.2. The Bertz CT molecular complexity index is 744. The molecular formula is C18H18N2O3S. The molecule has 0 aliphatic carbocycles. The predicted octanol–water partition coefficient (Wildman–Crippen LogP) is 3.38. The molecule has 2 atom stereocenters. The van der Waals surface area contributed by atoms with E-state index in [2.05, 4.69) is 5.10 Å². The monoisotopic (exact) mass is 342 g/mol. The summed E-state index contributed by atoms with van der Waals surface area (Å²) in [6.45, 7) is 1.83. The number of nitrogens with zero attached hydrogens (tertiary/aromatic N) is 2. The molecule has 2 aromatic rings. The van der Waals surface area contributed by atoms with Gasteiger partial charge >= 0.3 is 0 Å². The lowest BCUT2D eigenvalue weighted by Crippen LogP contribution is -2.36. The van der Waals surface area contributed by atoms with E-state index >= 15 is 0 Å².